The fourth-order valence-electron chi connectivity index (χ4n) is 4.25. The van der Waals surface area contributed by atoms with Crippen LogP contribution < -0.4 is 0 Å². The molecule has 1 aliphatic rings. The van der Waals surface area contributed by atoms with Crippen LogP contribution in [0, 0.1) is 10.1 Å². The number of nitro benzene ring substituents is 1. The van der Waals surface area contributed by atoms with E-state index in [4.69, 9.17) is 23.7 Å². The Morgan fingerprint density at radius 2 is 1.34 bits per heavy atom. The third-order valence-corrected chi connectivity index (χ3v) is 5.65. The molecule has 5 atom stereocenters. The first-order valence-corrected chi connectivity index (χ1v) is 11.6. The van der Waals surface area contributed by atoms with E-state index in [1.165, 1.54) is 19.1 Å². The third kappa shape index (κ3) is 6.91. The minimum Gasteiger partial charge on any atom is -0.463 e. The average Bonchev–Trinajstić information content (AvgIpc) is 2.84. The molecule has 1 fully saturated rings. The zero-order valence-corrected chi connectivity index (χ0v) is 21.2. The van der Waals surface area contributed by atoms with Crippen molar-refractivity contribution in [1.82, 2.24) is 0 Å². The van der Waals surface area contributed by atoms with Crippen LogP contribution in [0.15, 0.2) is 48.5 Å². The molecule has 3 rings (SSSR count). The molecule has 12 nitrogen and oxygen atoms in total. The van der Waals surface area contributed by atoms with Gasteiger partial charge in [-0.05, 0) is 28.8 Å². The van der Waals surface area contributed by atoms with Crippen molar-refractivity contribution >= 4 is 29.6 Å². The highest BCUT2D eigenvalue weighted by atomic mass is 16.7. The lowest BCUT2D eigenvalue weighted by Gasteiger charge is -2.45. The maximum atomic E-state index is 12.1. The van der Waals surface area contributed by atoms with Gasteiger partial charge >= 0.3 is 23.9 Å². The van der Waals surface area contributed by atoms with Crippen LogP contribution in [0.5, 0.6) is 0 Å². The van der Waals surface area contributed by atoms with Gasteiger partial charge < -0.3 is 23.7 Å². The lowest BCUT2D eigenvalue weighted by atomic mass is 9.87. The molecule has 0 saturated carbocycles. The van der Waals surface area contributed by atoms with Gasteiger partial charge in [0.05, 0.1) is 4.92 Å². The standard InChI is InChI=1S/C26H27NO11/c1-14(28)34-13-22-24(35-15(2)29)26(37-17(4)31)25(36-16(3)30)23(38-22)21-8-6-5-7-20(21)18-9-11-19(12-10-18)27(32)33/h5-12,22-26H,13H2,1-4H3/t22-,23-,24-,25-,26+/m1/s1. The van der Waals surface area contributed by atoms with Gasteiger partial charge in [0.15, 0.2) is 18.3 Å². The van der Waals surface area contributed by atoms with E-state index in [0.29, 0.717) is 16.7 Å². The molecule has 0 N–H and O–H groups in total. The first-order chi connectivity index (χ1) is 18.0. The molecular weight excluding hydrogens is 502 g/mol. The van der Waals surface area contributed by atoms with Crippen LogP contribution >= 0.6 is 0 Å². The van der Waals surface area contributed by atoms with Gasteiger partial charge in [-0.2, -0.15) is 0 Å². The highest BCUT2D eigenvalue weighted by molar-refractivity contribution is 5.71. The summed E-state index contributed by atoms with van der Waals surface area (Å²) in [5.74, 6) is -2.80. The normalized spacial score (nSPS) is 22.6. The Morgan fingerprint density at radius 1 is 0.789 bits per heavy atom. The molecule has 1 aliphatic heterocycles. The highest BCUT2D eigenvalue weighted by Gasteiger charge is 2.52. The molecule has 2 aromatic carbocycles. The number of carbonyl (C=O) groups is 4. The van der Waals surface area contributed by atoms with Gasteiger partial charge in [0.2, 0.25) is 0 Å². The van der Waals surface area contributed by atoms with Crippen molar-refractivity contribution in [2.24, 2.45) is 0 Å². The Kier molecular flexibility index (Phi) is 9.13. The summed E-state index contributed by atoms with van der Waals surface area (Å²) in [7, 11) is 0. The fraction of sp³-hybridized carbons (Fsp3) is 0.385. The number of benzene rings is 2. The SMILES string of the molecule is CC(=O)OC[C@H]1O[C@H](c2ccccc2-c2ccc([N+](=O)[O-])cc2)[C@@H](OC(C)=O)[C@@H](OC(C)=O)[C@@H]1OC(C)=O. The van der Waals surface area contributed by atoms with Gasteiger partial charge in [-0.25, -0.2) is 0 Å². The van der Waals surface area contributed by atoms with Crippen LogP contribution in [-0.4, -0.2) is 59.8 Å². The van der Waals surface area contributed by atoms with Crippen LogP contribution in [0.2, 0.25) is 0 Å². The van der Waals surface area contributed by atoms with Gasteiger partial charge in [0.25, 0.3) is 5.69 Å². The topological polar surface area (TPSA) is 158 Å². The molecule has 1 heterocycles. The number of non-ortho nitro benzene ring substituents is 1. The summed E-state index contributed by atoms with van der Waals surface area (Å²) >= 11 is 0. The van der Waals surface area contributed by atoms with E-state index in [2.05, 4.69) is 0 Å². The molecule has 1 saturated heterocycles. The highest BCUT2D eigenvalue weighted by Crippen LogP contribution is 2.41. The average molecular weight is 529 g/mol. The Morgan fingerprint density at radius 3 is 1.89 bits per heavy atom. The van der Waals surface area contributed by atoms with Crippen molar-refractivity contribution in [3.8, 4) is 11.1 Å². The lowest BCUT2D eigenvalue weighted by molar-refractivity contribution is -0.384. The number of ether oxygens (including phenoxy) is 5. The van der Waals surface area contributed by atoms with Crippen LogP contribution in [0.1, 0.15) is 39.4 Å². The number of nitrogens with zero attached hydrogens (tertiary/aromatic N) is 1. The molecule has 0 bridgehead atoms. The van der Waals surface area contributed by atoms with Crippen molar-refractivity contribution < 1.29 is 47.8 Å². The van der Waals surface area contributed by atoms with Crippen LogP contribution in [0.4, 0.5) is 5.69 Å². The molecule has 0 unspecified atom stereocenters. The first-order valence-electron chi connectivity index (χ1n) is 11.6. The number of hydrogen-bond acceptors (Lipinski definition) is 11. The second kappa shape index (κ2) is 12.3. The summed E-state index contributed by atoms with van der Waals surface area (Å²) in [4.78, 5) is 58.3. The Balaban J connectivity index is 2.15. The first kappa shape index (κ1) is 28.3. The summed E-state index contributed by atoms with van der Waals surface area (Å²) in [6.45, 7) is 4.29. The maximum absolute atomic E-state index is 12.1. The quantitative estimate of drug-likeness (QED) is 0.214. The molecule has 12 heteroatoms. The number of carbonyl (C=O) groups excluding carboxylic acids is 4. The number of hydrogen-bond donors (Lipinski definition) is 0. The monoisotopic (exact) mass is 529 g/mol. The van der Waals surface area contributed by atoms with Gasteiger partial charge in [0.1, 0.15) is 18.8 Å². The molecule has 0 aliphatic carbocycles. The zero-order chi connectivity index (χ0) is 28.0. The number of nitro groups is 1. The minimum atomic E-state index is -1.32. The number of rotatable bonds is 8. The van der Waals surface area contributed by atoms with E-state index >= 15 is 0 Å². The molecule has 2 aromatic rings. The molecule has 38 heavy (non-hydrogen) atoms. The predicted molar refractivity (Wildman–Crippen MR) is 129 cm³/mol. The second-order valence-corrected chi connectivity index (χ2v) is 8.51. The van der Waals surface area contributed by atoms with Crippen molar-refractivity contribution in [3.63, 3.8) is 0 Å². The van der Waals surface area contributed by atoms with E-state index in [0.717, 1.165) is 20.8 Å². The fourth-order valence-corrected chi connectivity index (χ4v) is 4.25. The summed E-state index contributed by atoms with van der Waals surface area (Å²) in [6, 6.07) is 12.7. The molecule has 0 spiro atoms. The predicted octanol–water partition coefficient (Wildman–Crippen LogP) is 3.06. The van der Waals surface area contributed by atoms with Crippen molar-refractivity contribution in [2.45, 2.75) is 58.2 Å². The minimum absolute atomic E-state index is 0.0986. The summed E-state index contributed by atoms with van der Waals surface area (Å²) in [5, 5.41) is 11.1. The lowest BCUT2D eigenvalue weighted by Crippen LogP contribution is -2.59. The largest absolute Gasteiger partial charge is 0.463 e. The molecule has 0 aromatic heterocycles. The Hall–Kier alpha value is -4.32. The molecule has 202 valence electrons. The molecular formula is C26H27NO11. The van der Waals surface area contributed by atoms with Crippen LogP contribution in [0.25, 0.3) is 11.1 Å². The molecule has 0 radical (unpaired) electrons. The molecule has 0 amide bonds. The van der Waals surface area contributed by atoms with E-state index in [-0.39, 0.29) is 12.3 Å². The third-order valence-electron chi connectivity index (χ3n) is 5.65. The van der Waals surface area contributed by atoms with Crippen molar-refractivity contribution in [1.29, 1.82) is 0 Å². The van der Waals surface area contributed by atoms with Gasteiger partial charge in [0, 0.05) is 39.8 Å². The number of esters is 4. The van der Waals surface area contributed by atoms with Gasteiger partial charge in [-0.3, -0.25) is 29.3 Å². The van der Waals surface area contributed by atoms with Crippen molar-refractivity contribution in [2.75, 3.05) is 6.61 Å². The van der Waals surface area contributed by atoms with Gasteiger partial charge in [-0.1, -0.05) is 24.3 Å². The van der Waals surface area contributed by atoms with Gasteiger partial charge in [-0.15, -0.1) is 0 Å². The summed E-state index contributed by atoms with van der Waals surface area (Å²) < 4.78 is 27.9. The summed E-state index contributed by atoms with van der Waals surface area (Å²) in [5.41, 5.74) is 1.57. The Bertz CT molecular complexity index is 1210. The van der Waals surface area contributed by atoms with Crippen LogP contribution in [0.3, 0.4) is 0 Å². The zero-order valence-electron chi connectivity index (χ0n) is 21.2. The second-order valence-electron chi connectivity index (χ2n) is 8.51. The van der Waals surface area contributed by atoms with E-state index in [1.54, 1.807) is 36.4 Å². The van der Waals surface area contributed by atoms with E-state index in [9.17, 15) is 29.3 Å². The van der Waals surface area contributed by atoms with E-state index in [1.807, 2.05) is 0 Å². The smallest absolute Gasteiger partial charge is 0.303 e. The van der Waals surface area contributed by atoms with E-state index < -0.39 is 59.3 Å². The van der Waals surface area contributed by atoms with Crippen LogP contribution in [-0.2, 0) is 42.9 Å². The summed E-state index contributed by atoms with van der Waals surface area (Å²) in [6.07, 6.45) is -6.04. The Labute approximate surface area is 217 Å². The van der Waals surface area contributed by atoms with Crippen molar-refractivity contribution in [3.05, 3.63) is 64.2 Å². The maximum Gasteiger partial charge on any atom is 0.303 e.